The van der Waals surface area contributed by atoms with Gasteiger partial charge in [0.05, 0.1) is 4.34 Å². The van der Waals surface area contributed by atoms with Crippen LogP contribution in [0.1, 0.15) is 18.5 Å². The minimum atomic E-state index is 0.180. The van der Waals surface area contributed by atoms with Gasteiger partial charge in [0.2, 0.25) is 5.82 Å². The van der Waals surface area contributed by atoms with Gasteiger partial charge in [-0.1, -0.05) is 23.7 Å². The monoisotopic (exact) mass is 305 g/mol. The third kappa shape index (κ3) is 2.81. The molecule has 0 fully saturated rings. The Hall–Kier alpha value is -1.92. The number of halogens is 1. The zero-order chi connectivity index (χ0) is 13.9. The molecular weight excluding hydrogens is 294 g/mol. The lowest BCUT2D eigenvalue weighted by Crippen LogP contribution is -2.05. The first kappa shape index (κ1) is 13.1. The van der Waals surface area contributed by atoms with Crippen molar-refractivity contribution in [1.29, 1.82) is 0 Å². The number of aromatic nitrogens is 4. The lowest BCUT2D eigenvalue weighted by molar-refractivity contribution is 0.881. The van der Waals surface area contributed by atoms with Gasteiger partial charge in [-0.3, -0.25) is 0 Å². The maximum Gasteiger partial charge on any atom is 0.204 e. The molecule has 20 heavy (non-hydrogen) atoms. The summed E-state index contributed by atoms with van der Waals surface area (Å²) in [7, 11) is 0. The van der Waals surface area contributed by atoms with E-state index >= 15 is 0 Å². The normalized spacial score (nSPS) is 12.3. The van der Waals surface area contributed by atoms with E-state index in [0.717, 1.165) is 15.6 Å². The van der Waals surface area contributed by atoms with Gasteiger partial charge in [0.25, 0.3) is 0 Å². The average Bonchev–Trinajstić information content (AvgIpc) is 3.10. The predicted molar refractivity (Wildman–Crippen MR) is 81.0 cm³/mol. The Bertz CT molecular complexity index is 694. The summed E-state index contributed by atoms with van der Waals surface area (Å²) >= 11 is 7.50. The molecule has 0 bridgehead atoms. The molecule has 2 aromatic heterocycles. The molecule has 5 nitrogen and oxygen atoms in total. The van der Waals surface area contributed by atoms with Crippen molar-refractivity contribution in [2.24, 2.45) is 0 Å². The standard InChI is InChI=1S/C13H12ClN5S/c1-8(10-6-12(14)20-7-10)15-11-4-2-3-9(5-11)13-16-18-19-17-13/h2-8,15H,1H3,(H,16,17,18,19). The van der Waals surface area contributed by atoms with Crippen LogP contribution < -0.4 is 5.32 Å². The highest BCUT2D eigenvalue weighted by atomic mass is 35.5. The highest BCUT2D eigenvalue weighted by molar-refractivity contribution is 7.14. The van der Waals surface area contributed by atoms with Crippen molar-refractivity contribution in [2.45, 2.75) is 13.0 Å². The van der Waals surface area contributed by atoms with E-state index < -0.39 is 0 Å². The zero-order valence-corrected chi connectivity index (χ0v) is 12.2. The van der Waals surface area contributed by atoms with Crippen LogP contribution in [0.5, 0.6) is 0 Å². The zero-order valence-electron chi connectivity index (χ0n) is 10.7. The molecule has 0 saturated carbocycles. The summed E-state index contributed by atoms with van der Waals surface area (Å²) in [5.41, 5.74) is 3.09. The number of nitrogens with one attached hydrogen (secondary N) is 2. The van der Waals surface area contributed by atoms with Crippen LogP contribution in [0.3, 0.4) is 0 Å². The van der Waals surface area contributed by atoms with Gasteiger partial charge in [-0.05, 0) is 41.3 Å². The van der Waals surface area contributed by atoms with Gasteiger partial charge in [0, 0.05) is 17.3 Å². The molecule has 3 rings (SSSR count). The molecule has 102 valence electrons. The average molecular weight is 306 g/mol. The number of nitrogens with zero attached hydrogens (tertiary/aromatic N) is 3. The van der Waals surface area contributed by atoms with Gasteiger partial charge in [-0.2, -0.15) is 5.21 Å². The SMILES string of the molecule is CC(Nc1cccc(-c2nn[nH]n2)c1)c1csc(Cl)c1. The summed E-state index contributed by atoms with van der Waals surface area (Å²) in [6, 6.07) is 10.1. The van der Waals surface area contributed by atoms with Gasteiger partial charge < -0.3 is 5.32 Å². The van der Waals surface area contributed by atoms with Crippen molar-refractivity contribution < 1.29 is 0 Å². The summed E-state index contributed by atoms with van der Waals surface area (Å²) < 4.78 is 0.800. The topological polar surface area (TPSA) is 66.5 Å². The Labute approximate surface area is 125 Å². The number of anilines is 1. The first-order valence-corrected chi connectivity index (χ1v) is 7.32. The lowest BCUT2D eigenvalue weighted by atomic mass is 10.1. The number of thiophene rings is 1. The smallest absolute Gasteiger partial charge is 0.204 e. The van der Waals surface area contributed by atoms with Gasteiger partial charge in [-0.15, -0.1) is 21.5 Å². The molecule has 3 aromatic rings. The van der Waals surface area contributed by atoms with Crippen LogP contribution >= 0.6 is 22.9 Å². The van der Waals surface area contributed by atoms with Crippen LogP contribution in [-0.4, -0.2) is 20.6 Å². The van der Waals surface area contributed by atoms with E-state index in [1.165, 1.54) is 16.9 Å². The van der Waals surface area contributed by atoms with Crippen molar-refractivity contribution in [3.63, 3.8) is 0 Å². The summed E-state index contributed by atoms with van der Waals surface area (Å²) in [4.78, 5) is 0. The van der Waals surface area contributed by atoms with Crippen LogP contribution in [0.25, 0.3) is 11.4 Å². The number of hydrogen-bond acceptors (Lipinski definition) is 5. The fraction of sp³-hybridized carbons (Fsp3) is 0.154. The first-order valence-electron chi connectivity index (χ1n) is 6.07. The molecule has 0 aliphatic heterocycles. The molecule has 0 aliphatic rings. The molecule has 2 N–H and O–H groups in total. The highest BCUT2D eigenvalue weighted by Crippen LogP contribution is 2.28. The maximum absolute atomic E-state index is 5.96. The van der Waals surface area contributed by atoms with E-state index in [0.29, 0.717) is 5.82 Å². The summed E-state index contributed by atoms with van der Waals surface area (Å²) in [6.07, 6.45) is 0. The van der Waals surface area contributed by atoms with Crippen LogP contribution in [0.2, 0.25) is 4.34 Å². The maximum atomic E-state index is 5.96. The molecule has 0 radical (unpaired) electrons. The number of H-pyrrole nitrogens is 1. The van der Waals surface area contributed by atoms with Crippen molar-refractivity contribution in [3.05, 3.63) is 45.6 Å². The van der Waals surface area contributed by atoms with Crippen molar-refractivity contribution in [1.82, 2.24) is 20.6 Å². The molecule has 1 unspecified atom stereocenters. The molecule has 1 aromatic carbocycles. The molecular formula is C13H12ClN5S. The predicted octanol–water partition coefficient (Wildman–Crippen LogP) is 3.75. The molecule has 2 heterocycles. The van der Waals surface area contributed by atoms with Gasteiger partial charge >= 0.3 is 0 Å². The van der Waals surface area contributed by atoms with E-state index in [1.54, 1.807) is 0 Å². The van der Waals surface area contributed by atoms with E-state index in [1.807, 2.05) is 30.3 Å². The molecule has 0 aliphatic carbocycles. The van der Waals surface area contributed by atoms with Crippen LogP contribution in [-0.2, 0) is 0 Å². The second-order valence-corrected chi connectivity index (χ2v) is 5.91. The molecule has 0 spiro atoms. The number of rotatable bonds is 4. The van der Waals surface area contributed by atoms with E-state index in [4.69, 9.17) is 11.6 Å². The van der Waals surface area contributed by atoms with Gasteiger partial charge in [-0.25, -0.2) is 0 Å². The number of aromatic amines is 1. The summed E-state index contributed by atoms with van der Waals surface area (Å²) in [5, 5.41) is 19.5. The van der Waals surface area contributed by atoms with Gasteiger partial charge in [0.1, 0.15) is 0 Å². The van der Waals surface area contributed by atoms with E-state index in [2.05, 4.69) is 38.2 Å². The van der Waals surface area contributed by atoms with Crippen molar-refractivity contribution in [3.8, 4) is 11.4 Å². The number of benzene rings is 1. The largest absolute Gasteiger partial charge is 0.378 e. The number of hydrogen-bond donors (Lipinski definition) is 2. The summed E-state index contributed by atoms with van der Waals surface area (Å²) in [5.74, 6) is 0.583. The third-order valence-corrected chi connectivity index (χ3v) is 4.05. The third-order valence-electron chi connectivity index (χ3n) is 2.94. The fourth-order valence-electron chi connectivity index (χ4n) is 1.92. The fourth-order valence-corrected chi connectivity index (χ4v) is 2.90. The van der Waals surface area contributed by atoms with Crippen molar-refractivity contribution in [2.75, 3.05) is 5.32 Å². The molecule has 7 heteroatoms. The Morgan fingerprint density at radius 2 is 2.25 bits per heavy atom. The minimum absolute atomic E-state index is 0.180. The summed E-state index contributed by atoms with van der Waals surface area (Å²) in [6.45, 7) is 2.10. The van der Waals surface area contributed by atoms with Gasteiger partial charge in [0.15, 0.2) is 0 Å². The lowest BCUT2D eigenvalue weighted by Gasteiger charge is -2.14. The minimum Gasteiger partial charge on any atom is -0.378 e. The Morgan fingerprint density at radius 3 is 2.95 bits per heavy atom. The highest BCUT2D eigenvalue weighted by Gasteiger charge is 2.09. The quantitative estimate of drug-likeness (QED) is 0.770. The Morgan fingerprint density at radius 1 is 1.35 bits per heavy atom. The van der Waals surface area contributed by atoms with Crippen LogP contribution in [0, 0.1) is 0 Å². The van der Waals surface area contributed by atoms with E-state index in [-0.39, 0.29) is 6.04 Å². The van der Waals surface area contributed by atoms with E-state index in [9.17, 15) is 0 Å². The molecule has 0 saturated heterocycles. The Kier molecular flexibility index (Phi) is 3.66. The molecule has 1 atom stereocenters. The molecule has 0 amide bonds. The van der Waals surface area contributed by atoms with Crippen molar-refractivity contribution >= 4 is 28.6 Å². The second kappa shape index (κ2) is 5.60. The van der Waals surface area contributed by atoms with Crippen LogP contribution in [0.15, 0.2) is 35.7 Å². The number of tetrazole rings is 1. The van der Waals surface area contributed by atoms with Crippen LogP contribution in [0.4, 0.5) is 5.69 Å². The Balaban J connectivity index is 1.79. The second-order valence-electron chi connectivity index (χ2n) is 4.37. The first-order chi connectivity index (χ1) is 9.72.